The van der Waals surface area contributed by atoms with Gasteiger partial charge in [-0.3, -0.25) is 4.79 Å². The summed E-state index contributed by atoms with van der Waals surface area (Å²) in [7, 11) is 1.58. The Hall–Kier alpha value is -0.950. The maximum Gasteiger partial charge on any atom is 0.225 e. The smallest absolute Gasteiger partial charge is 0.225 e. The molecule has 1 amide bonds. The molecule has 2 rings (SSSR count). The van der Waals surface area contributed by atoms with Gasteiger partial charge in [0.1, 0.15) is 6.10 Å². The van der Waals surface area contributed by atoms with E-state index in [9.17, 15) is 4.79 Å². The molecule has 0 aromatic carbocycles. The van der Waals surface area contributed by atoms with Crippen LogP contribution in [0.2, 0.25) is 0 Å². The number of nitrogens with two attached hydrogens (primary N) is 1. The third-order valence-electron chi connectivity index (χ3n) is 3.33. The summed E-state index contributed by atoms with van der Waals surface area (Å²) >= 11 is 1.64. The first-order valence-corrected chi connectivity index (χ1v) is 7.33. The van der Waals surface area contributed by atoms with Gasteiger partial charge in [0.15, 0.2) is 0 Å². The van der Waals surface area contributed by atoms with Crippen molar-refractivity contribution in [2.24, 2.45) is 5.73 Å². The highest BCUT2D eigenvalue weighted by atomic mass is 32.1. The number of rotatable bonds is 5. The van der Waals surface area contributed by atoms with Crippen LogP contribution in [0.1, 0.15) is 18.1 Å². The van der Waals surface area contributed by atoms with E-state index in [1.807, 2.05) is 16.3 Å². The molecule has 0 spiro atoms. The molecule has 0 radical (unpaired) electrons. The SMILES string of the molecule is COC(CN)CC(=O)N1CCOC(c2ccsc2)C1. The third kappa shape index (κ3) is 3.76. The Morgan fingerprint density at radius 1 is 1.74 bits per heavy atom. The monoisotopic (exact) mass is 284 g/mol. The van der Waals surface area contributed by atoms with Crippen LogP contribution in [0.25, 0.3) is 0 Å². The first-order chi connectivity index (χ1) is 9.24. The Morgan fingerprint density at radius 3 is 3.21 bits per heavy atom. The van der Waals surface area contributed by atoms with E-state index in [1.54, 1.807) is 18.4 Å². The first kappa shape index (κ1) is 14.5. The first-order valence-electron chi connectivity index (χ1n) is 6.39. The lowest BCUT2D eigenvalue weighted by atomic mass is 10.1. The highest BCUT2D eigenvalue weighted by Gasteiger charge is 2.26. The standard InChI is InChI=1S/C13H20N2O3S/c1-17-11(7-14)6-13(16)15-3-4-18-12(8-15)10-2-5-19-9-10/h2,5,9,11-12H,3-4,6-8,14H2,1H3. The van der Waals surface area contributed by atoms with Gasteiger partial charge in [-0.15, -0.1) is 0 Å². The number of hydrogen-bond acceptors (Lipinski definition) is 5. The summed E-state index contributed by atoms with van der Waals surface area (Å²) in [6, 6.07) is 2.04. The lowest BCUT2D eigenvalue weighted by Gasteiger charge is -2.33. The average Bonchev–Trinajstić information content (AvgIpc) is 2.99. The van der Waals surface area contributed by atoms with Crippen LogP contribution in [0.4, 0.5) is 0 Å². The minimum atomic E-state index is -0.199. The predicted molar refractivity (Wildman–Crippen MR) is 74.1 cm³/mol. The van der Waals surface area contributed by atoms with Crippen molar-refractivity contribution < 1.29 is 14.3 Å². The molecule has 106 valence electrons. The van der Waals surface area contributed by atoms with Crippen LogP contribution >= 0.6 is 11.3 Å². The molecular formula is C13H20N2O3S. The van der Waals surface area contributed by atoms with E-state index < -0.39 is 0 Å². The van der Waals surface area contributed by atoms with Gasteiger partial charge in [0, 0.05) is 20.2 Å². The molecule has 5 nitrogen and oxygen atoms in total. The number of ether oxygens (including phenoxy) is 2. The Balaban J connectivity index is 1.91. The van der Waals surface area contributed by atoms with Crippen LogP contribution in [0.15, 0.2) is 16.8 Å². The molecule has 6 heteroatoms. The summed E-state index contributed by atoms with van der Waals surface area (Å²) in [4.78, 5) is 14.0. The number of carbonyl (C=O) groups excluding carboxylic acids is 1. The molecular weight excluding hydrogens is 264 g/mol. The number of morpholine rings is 1. The lowest BCUT2D eigenvalue weighted by molar-refractivity contribution is -0.141. The molecule has 0 saturated carbocycles. The van der Waals surface area contributed by atoms with E-state index in [4.69, 9.17) is 15.2 Å². The molecule has 0 aliphatic carbocycles. The van der Waals surface area contributed by atoms with Crippen LogP contribution < -0.4 is 5.73 Å². The quantitative estimate of drug-likeness (QED) is 0.876. The summed E-state index contributed by atoms with van der Waals surface area (Å²) in [5.41, 5.74) is 6.69. The second kappa shape index (κ2) is 7.00. The van der Waals surface area contributed by atoms with Crippen molar-refractivity contribution in [1.82, 2.24) is 4.90 Å². The topological polar surface area (TPSA) is 64.8 Å². The van der Waals surface area contributed by atoms with E-state index in [1.165, 1.54) is 0 Å². The molecule has 2 heterocycles. The minimum Gasteiger partial charge on any atom is -0.380 e. The summed E-state index contributed by atoms with van der Waals surface area (Å²) in [5, 5.41) is 4.09. The zero-order valence-corrected chi connectivity index (χ0v) is 11.9. The molecule has 2 N–H and O–H groups in total. The molecule has 19 heavy (non-hydrogen) atoms. The van der Waals surface area contributed by atoms with Crippen LogP contribution in [0.5, 0.6) is 0 Å². The van der Waals surface area contributed by atoms with Crippen molar-refractivity contribution in [3.63, 3.8) is 0 Å². The predicted octanol–water partition coefficient (Wildman–Crippen LogP) is 1.01. The summed E-state index contributed by atoms with van der Waals surface area (Å²) < 4.78 is 10.9. The molecule has 1 aromatic heterocycles. The minimum absolute atomic E-state index is 0.0113. The molecule has 1 fully saturated rings. The number of hydrogen-bond donors (Lipinski definition) is 1. The van der Waals surface area contributed by atoms with Gasteiger partial charge in [0.05, 0.1) is 25.7 Å². The van der Waals surface area contributed by atoms with Crippen LogP contribution in [-0.2, 0) is 14.3 Å². The van der Waals surface area contributed by atoms with Gasteiger partial charge in [-0.05, 0) is 22.4 Å². The van der Waals surface area contributed by atoms with Gasteiger partial charge in [0.2, 0.25) is 5.91 Å². The number of methoxy groups -OCH3 is 1. The average molecular weight is 284 g/mol. The normalized spacial score (nSPS) is 21.4. The van der Waals surface area contributed by atoms with Crippen molar-refractivity contribution in [1.29, 1.82) is 0 Å². The van der Waals surface area contributed by atoms with Crippen LogP contribution in [0, 0.1) is 0 Å². The number of carbonyl (C=O) groups is 1. The Morgan fingerprint density at radius 2 is 2.58 bits per heavy atom. The van der Waals surface area contributed by atoms with Crippen molar-refractivity contribution in [2.45, 2.75) is 18.6 Å². The number of nitrogens with zero attached hydrogens (tertiary/aromatic N) is 1. The lowest BCUT2D eigenvalue weighted by Crippen LogP contribution is -2.44. The fourth-order valence-corrected chi connectivity index (χ4v) is 2.82. The molecule has 1 aliphatic heterocycles. The van der Waals surface area contributed by atoms with E-state index in [2.05, 4.69) is 5.38 Å². The van der Waals surface area contributed by atoms with Crippen LogP contribution in [0.3, 0.4) is 0 Å². The maximum atomic E-state index is 12.2. The Labute approximate surface area is 117 Å². The zero-order valence-electron chi connectivity index (χ0n) is 11.1. The third-order valence-corrected chi connectivity index (χ3v) is 4.03. The fraction of sp³-hybridized carbons (Fsp3) is 0.615. The second-order valence-corrected chi connectivity index (χ2v) is 5.33. The van der Waals surface area contributed by atoms with Crippen molar-refractivity contribution in [3.8, 4) is 0 Å². The zero-order chi connectivity index (χ0) is 13.7. The highest BCUT2D eigenvalue weighted by Crippen LogP contribution is 2.24. The van der Waals surface area contributed by atoms with Gasteiger partial charge < -0.3 is 20.1 Å². The molecule has 0 bridgehead atoms. The largest absolute Gasteiger partial charge is 0.380 e. The Bertz CT molecular complexity index is 393. The van der Waals surface area contributed by atoms with Crippen molar-refractivity contribution >= 4 is 17.2 Å². The number of thiophene rings is 1. The van der Waals surface area contributed by atoms with Gasteiger partial charge in [-0.2, -0.15) is 11.3 Å². The molecule has 1 saturated heterocycles. The van der Waals surface area contributed by atoms with E-state index in [0.717, 1.165) is 5.56 Å². The molecule has 1 aliphatic rings. The van der Waals surface area contributed by atoms with E-state index >= 15 is 0 Å². The second-order valence-electron chi connectivity index (χ2n) is 4.55. The maximum absolute atomic E-state index is 12.2. The van der Waals surface area contributed by atoms with Gasteiger partial charge >= 0.3 is 0 Å². The molecule has 2 unspecified atom stereocenters. The fourth-order valence-electron chi connectivity index (χ4n) is 2.12. The van der Waals surface area contributed by atoms with Crippen molar-refractivity contribution in [3.05, 3.63) is 22.4 Å². The van der Waals surface area contributed by atoms with Crippen LogP contribution in [-0.4, -0.2) is 50.3 Å². The van der Waals surface area contributed by atoms with E-state index in [-0.39, 0.29) is 18.1 Å². The number of amides is 1. The van der Waals surface area contributed by atoms with Gasteiger partial charge in [-0.25, -0.2) is 0 Å². The van der Waals surface area contributed by atoms with Gasteiger partial charge in [0.25, 0.3) is 0 Å². The van der Waals surface area contributed by atoms with Gasteiger partial charge in [-0.1, -0.05) is 0 Å². The summed E-state index contributed by atoms with van der Waals surface area (Å²) in [6.07, 6.45) is 0.126. The molecule has 1 aromatic rings. The summed E-state index contributed by atoms with van der Waals surface area (Å²) in [5.74, 6) is 0.0841. The summed E-state index contributed by atoms with van der Waals surface area (Å²) in [6.45, 7) is 2.18. The Kier molecular flexibility index (Phi) is 5.33. The van der Waals surface area contributed by atoms with Crippen molar-refractivity contribution in [2.75, 3.05) is 33.4 Å². The highest BCUT2D eigenvalue weighted by molar-refractivity contribution is 7.07. The van der Waals surface area contributed by atoms with E-state index in [0.29, 0.717) is 32.7 Å². The molecule has 2 atom stereocenters.